The monoisotopic (exact) mass is 287 g/mol. The Morgan fingerprint density at radius 3 is 2.85 bits per heavy atom. The van der Waals surface area contributed by atoms with E-state index in [2.05, 4.69) is 9.64 Å². The summed E-state index contributed by atoms with van der Waals surface area (Å²) in [5.41, 5.74) is 0.707. The number of aliphatic hydroxyl groups excluding tert-OH is 1. The Balaban J connectivity index is 2.05. The van der Waals surface area contributed by atoms with Gasteiger partial charge in [0.25, 0.3) is 0 Å². The second kappa shape index (κ2) is 6.97. The second-order valence-corrected chi connectivity index (χ2v) is 4.93. The minimum atomic E-state index is -2.83. The molecule has 6 heteroatoms. The Hall–Kier alpha value is -1.24. The molecule has 0 spiro atoms. The molecule has 0 amide bonds. The minimum absolute atomic E-state index is 0.00378. The molecule has 20 heavy (non-hydrogen) atoms. The van der Waals surface area contributed by atoms with E-state index in [1.165, 1.54) is 6.07 Å². The first kappa shape index (κ1) is 15.2. The number of hydrogen-bond acceptors (Lipinski definition) is 4. The van der Waals surface area contributed by atoms with Crippen LogP contribution in [0, 0.1) is 0 Å². The van der Waals surface area contributed by atoms with Gasteiger partial charge in [0.15, 0.2) is 0 Å². The number of hydrogen-bond donors (Lipinski definition) is 1. The lowest BCUT2D eigenvalue weighted by Gasteiger charge is -2.36. The molecule has 2 unspecified atom stereocenters. The topological polar surface area (TPSA) is 41.9 Å². The average molecular weight is 287 g/mol. The Morgan fingerprint density at radius 2 is 2.15 bits per heavy atom. The van der Waals surface area contributed by atoms with Crippen LogP contribution in [0.2, 0.25) is 0 Å². The first-order valence-electron chi connectivity index (χ1n) is 6.60. The van der Waals surface area contributed by atoms with Crippen molar-refractivity contribution in [3.8, 4) is 5.75 Å². The van der Waals surface area contributed by atoms with E-state index in [9.17, 15) is 13.9 Å². The van der Waals surface area contributed by atoms with Gasteiger partial charge in [-0.3, -0.25) is 4.90 Å². The molecular formula is C14H19F2NO3. The largest absolute Gasteiger partial charge is 0.434 e. The zero-order chi connectivity index (χ0) is 14.5. The quantitative estimate of drug-likeness (QED) is 0.897. The van der Waals surface area contributed by atoms with Crippen LogP contribution in [0.1, 0.15) is 12.5 Å². The molecule has 0 aromatic heterocycles. The number of para-hydroxylation sites is 1. The molecule has 1 aliphatic heterocycles. The van der Waals surface area contributed by atoms with Crippen molar-refractivity contribution in [3.05, 3.63) is 29.8 Å². The van der Waals surface area contributed by atoms with Crippen LogP contribution in [0.25, 0.3) is 0 Å². The van der Waals surface area contributed by atoms with Crippen LogP contribution >= 0.6 is 0 Å². The molecule has 1 heterocycles. The predicted molar refractivity (Wildman–Crippen MR) is 69.8 cm³/mol. The maximum Gasteiger partial charge on any atom is 0.387 e. The zero-order valence-corrected chi connectivity index (χ0v) is 11.3. The number of benzene rings is 1. The molecule has 1 aromatic rings. The van der Waals surface area contributed by atoms with E-state index in [1.807, 2.05) is 6.92 Å². The molecule has 2 rings (SSSR count). The maximum atomic E-state index is 12.4. The third-order valence-electron chi connectivity index (χ3n) is 3.19. The van der Waals surface area contributed by atoms with Crippen molar-refractivity contribution >= 4 is 0 Å². The summed E-state index contributed by atoms with van der Waals surface area (Å²) in [6.45, 7) is 0.813. The number of ether oxygens (including phenoxy) is 2. The molecule has 1 saturated heterocycles. The Bertz CT molecular complexity index is 431. The highest BCUT2D eigenvalue weighted by molar-refractivity contribution is 5.33. The SMILES string of the molecule is CC1CN(Cc2ccccc2OC(F)F)CC(CO)O1. The third-order valence-corrected chi connectivity index (χ3v) is 3.19. The number of rotatable bonds is 5. The van der Waals surface area contributed by atoms with Gasteiger partial charge in [0.1, 0.15) is 5.75 Å². The number of nitrogens with zero attached hydrogens (tertiary/aromatic N) is 1. The van der Waals surface area contributed by atoms with Gasteiger partial charge in [0.05, 0.1) is 18.8 Å². The summed E-state index contributed by atoms with van der Waals surface area (Å²) in [6, 6.07) is 6.77. The molecule has 0 radical (unpaired) electrons. The van der Waals surface area contributed by atoms with Crippen LogP contribution in [-0.4, -0.2) is 48.5 Å². The van der Waals surface area contributed by atoms with Crippen molar-refractivity contribution in [2.45, 2.75) is 32.3 Å². The summed E-state index contributed by atoms with van der Waals surface area (Å²) in [4.78, 5) is 2.07. The van der Waals surface area contributed by atoms with E-state index in [0.29, 0.717) is 25.2 Å². The smallest absolute Gasteiger partial charge is 0.387 e. The summed E-state index contributed by atoms with van der Waals surface area (Å²) >= 11 is 0. The van der Waals surface area contributed by atoms with Gasteiger partial charge in [0, 0.05) is 25.2 Å². The van der Waals surface area contributed by atoms with Gasteiger partial charge in [-0.25, -0.2) is 0 Å². The van der Waals surface area contributed by atoms with Crippen LogP contribution in [0.5, 0.6) is 5.75 Å². The van der Waals surface area contributed by atoms with E-state index in [4.69, 9.17) is 4.74 Å². The molecule has 0 saturated carbocycles. The predicted octanol–water partition coefficient (Wildman–Crippen LogP) is 1.87. The normalized spacial score (nSPS) is 24.1. The second-order valence-electron chi connectivity index (χ2n) is 4.93. The maximum absolute atomic E-state index is 12.4. The van der Waals surface area contributed by atoms with E-state index in [1.54, 1.807) is 18.2 Å². The van der Waals surface area contributed by atoms with E-state index in [-0.39, 0.29) is 24.6 Å². The molecule has 1 aromatic carbocycles. The first-order chi connectivity index (χ1) is 9.58. The van der Waals surface area contributed by atoms with Crippen molar-refractivity contribution in [2.75, 3.05) is 19.7 Å². The summed E-state index contributed by atoms with van der Waals surface area (Å²) in [5.74, 6) is 0.196. The van der Waals surface area contributed by atoms with E-state index >= 15 is 0 Å². The number of alkyl halides is 2. The highest BCUT2D eigenvalue weighted by Gasteiger charge is 2.25. The number of halogens is 2. The van der Waals surface area contributed by atoms with Crippen LogP contribution in [-0.2, 0) is 11.3 Å². The Labute approximate surface area is 116 Å². The standard InChI is InChI=1S/C14H19F2NO3/c1-10-6-17(8-12(9-18)19-10)7-11-4-2-3-5-13(11)20-14(15)16/h2-5,10,12,14,18H,6-9H2,1H3. The average Bonchev–Trinajstić information content (AvgIpc) is 2.39. The number of morpholine rings is 1. The van der Waals surface area contributed by atoms with Crippen molar-refractivity contribution in [2.24, 2.45) is 0 Å². The van der Waals surface area contributed by atoms with Gasteiger partial charge in [-0.2, -0.15) is 8.78 Å². The fourth-order valence-electron chi connectivity index (χ4n) is 2.46. The van der Waals surface area contributed by atoms with Crippen LogP contribution in [0.4, 0.5) is 8.78 Å². The Kier molecular flexibility index (Phi) is 5.28. The van der Waals surface area contributed by atoms with Crippen LogP contribution in [0.3, 0.4) is 0 Å². The van der Waals surface area contributed by atoms with Crippen LogP contribution < -0.4 is 4.74 Å². The number of aliphatic hydroxyl groups is 1. The fourth-order valence-corrected chi connectivity index (χ4v) is 2.46. The lowest BCUT2D eigenvalue weighted by molar-refractivity contribution is -0.0978. The molecule has 4 nitrogen and oxygen atoms in total. The van der Waals surface area contributed by atoms with Crippen LogP contribution in [0.15, 0.2) is 24.3 Å². The van der Waals surface area contributed by atoms with Gasteiger partial charge >= 0.3 is 6.61 Å². The van der Waals surface area contributed by atoms with Crippen molar-refractivity contribution in [1.29, 1.82) is 0 Å². The van der Waals surface area contributed by atoms with Crippen molar-refractivity contribution in [3.63, 3.8) is 0 Å². The highest BCUT2D eigenvalue weighted by Crippen LogP contribution is 2.23. The molecule has 0 aliphatic carbocycles. The molecule has 2 atom stereocenters. The molecule has 1 aliphatic rings. The third kappa shape index (κ3) is 4.13. The summed E-state index contributed by atoms with van der Waals surface area (Å²) in [7, 11) is 0. The summed E-state index contributed by atoms with van der Waals surface area (Å²) < 4.78 is 34.8. The molecule has 1 N–H and O–H groups in total. The van der Waals surface area contributed by atoms with Gasteiger partial charge < -0.3 is 14.6 Å². The van der Waals surface area contributed by atoms with Gasteiger partial charge in [-0.05, 0) is 13.0 Å². The van der Waals surface area contributed by atoms with E-state index in [0.717, 1.165) is 0 Å². The lowest BCUT2D eigenvalue weighted by atomic mass is 10.1. The minimum Gasteiger partial charge on any atom is -0.434 e. The lowest BCUT2D eigenvalue weighted by Crippen LogP contribution is -2.47. The van der Waals surface area contributed by atoms with Gasteiger partial charge in [0.2, 0.25) is 0 Å². The zero-order valence-electron chi connectivity index (χ0n) is 11.3. The molecule has 112 valence electrons. The summed E-state index contributed by atoms with van der Waals surface area (Å²) in [5, 5.41) is 9.19. The summed E-state index contributed by atoms with van der Waals surface area (Å²) in [6.07, 6.45) is -0.231. The van der Waals surface area contributed by atoms with Gasteiger partial charge in [-0.15, -0.1) is 0 Å². The Morgan fingerprint density at radius 1 is 1.40 bits per heavy atom. The molecular weight excluding hydrogens is 268 g/mol. The van der Waals surface area contributed by atoms with Crippen molar-refractivity contribution in [1.82, 2.24) is 4.90 Å². The van der Waals surface area contributed by atoms with E-state index < -0.39 is 6.61 Å². The highest BCUT2D eigenvalue weighted by atomic mass is 19.3. The first-order valence-corrected chi connectivity index (χ1v) is 6.60. The van der Waals surface area contributed by atoms with Gasteiger partial charge in [-0.1, -0.05) is 18.2 Å². The van der Waals surface area contributed by atoms with Crippen molar-refractivity contribution < 1.29 is 23.4 Å². The fraction of sp³-hybridized carbons (Fsp3) is 0.571. The molecule has 1 fully saturated rings. The molecule has 0 bridgehead atoms.